The van der Waals surface area contributed by atoms with E-state index in [0.29, 0.717) is 17.5 Å². The number of likely N-dealkylation sites (N-methyl/N-ethyl adjacent to an activating group) is 2. The molecule has 5 nitrogen and oxygen atoms in total. The van der Waals surface area contributed by atoms with Crippen LogP contribution in [0.1, 0.15) is 25.5 Å². The molecule has 1 atom stereocenters. The maximum absolute atomic E-state index is 12.2. The number of carbonyl (C=O) groups excluding carboxylic acids is 2. The Morgan fingerprint density at radius 1 is 1.23 bits per heavy atom. The maximum atomic E-state index is 12.2. The molecule has 22 heavy (non-hydrogen) atoms. The molecule has 122 valence electrons. The number of benzene rings is 1. The quantitative estimate of drug-likeness (QED) is 0.804. The molecule has 6 heteroatoms. The van der Waals surface area contributed by atoms with Gasteiger partial charge in [-0.05, 0) is 30.7 Å². The number of nitrogens with zero attached hydrogens (tertiary/aromatic N) is 1. The van der Waals surface area contributed by atoms with Crippen LogP contribution in [-0.2, 0) is 9.59 Å². The lowest BCUT2D eigenvalue weighted by molar-refractivity contribution is -0.128. The molecule has 0 unspecified atom stereocenters. The van der Waals surface area contributed by atoms with Crippen LogP contribution in [0.4, 0.5) is 0 Å². The van der Waals surface area contributed by atoms with Gasteiger partial charge < -0.3 is 10.6 Å². The van der Waals surface area contributed by atoms with Gasteiger partial charge in [-0.1, -0.05) is 37.6 Å². The van der Waals surface area contributed by atoms with E-state index < -0.39 is 6.04 Å². The van der Waals surface area contributed by atoms with Crippen LogP contribution in [0.3, 0.4) is 0 Å². The second-order valence-corrected chi connectivity index (χ2v) is 6.12. The fraction of sp³-hybridized carbons (Fsp3) is 0.500. The molecule has 0 saturated heterocycles. The zero-order chi connectivity index (χ0) is 16.7. The highest BCUT2D eigenvalue weighted by Gasteiger charge is 2.25. The van der Waals surface area contributed by atoms with Crippen molar-refractivity contribution in [1.82, 2.24) is 15.5 Å². The van der Waals surface area contributed by atoms with Gasteiger partial charge in [-0.2, -0.15) is 0 Å². The van der Waals surface area contributed by atoms with E-state index in [1.54, 1.807) is 43.3 Å². The predicted octanol–water partition coefficient (Wildman–Crippen LogP) is 1.83. The lowest BCUT2D eigenvalue weighted by Gasteiger charge is -2.26. The van der Waals surface area contributed by atoms with Gasteiger partial charge in [0.15, 0.2) is 0 Å². The molecule has 0 heterocycles. The van der Waals surface area contributed by atoms with Crippen molar-refractivity contribution in [2.75, 3.05) is 27.2 Å². The van der Waals surface area contributed by atoms with Gasteiger partial charge in [-0.25, -0.2) is 0 Å². The van der Waals surface area contributed by atoms with Gasteiger partial charge in [0.1, 0.15) is 6.04 Å². The van der Waals surface area contributed by atoms with Crippen LogP contribution in [0.15, 0.2) is 24.3 Å². The molecule has 0 aliphatic carbocycles. The molecule has 0 aliphatic heterocycles. The second kappa shape index (κ2) is 8.76. The van der Waals surface area contributed by atoms with Gasteiger partial charge in [0.2, 0.25) is 11.8 Å². The van der Waals surface area contributed by atoms with Crippen LogP contribution < -0.4 is 10.6 Å². The number of carbonyl (C=O) groups is 2. The fourth-order valence-corrected chi connectivity index (χ4v) is 2.21. The average Bonchev–Trinajstić information content (AvgIpc) is 2.47. The Morgan fingerprint density at radius 2 is 1.82 bits per heavy atom. The van der Waals surface area contributed by atoms with Crippen LogP contribution in [0.2, 0.25) is 5.02 Å². The van der Waals surface area contributed by atoms with Crippen LogP contribution in [0.5, 0.6) is 0 Å². The Labute approximate surface area is 137 Å². The highest BCUT2D eigenvalue weighted by Crippen LogP contribution is 2.21. The van der Waals surface area contributed by atoms with E-state index in [-0.39, 0.29) is 18.4 Å². The topological polar surface area (TPSA) is 61.4 Å². The largest absolute Gasteiger partial charge is 0.358 e. The Kier molecular flexibility index (Phi) is 7.35. The first kappa shape index (κ1) is 18.5. The number of halogens is 1. The minimum atomic E-state index is -0.535. The van der Waals surface area contributed by atoms with Crippen LogP contribution in [-0.4, -0.2) is 43.9 Å². The predicted molar refractivity (Wildman–Crippen MR) is 88.7 cm³/mol. The third-order valence-corrected chi connectivity index (χ3v) is 3.47. The Bertz CT molecular complexity index is 503. The summed E-state index contributed by atoms with van der Waals surface area (Å²) >= 11 is 5.89. The van der Waals surface area contributed by atoms with E-state index in [9.17, 15) is 9.59 Å². The molecule has 1 rings (SSSR count). The maximum Gasteiger partial charge on any atom is 0.241 e. The molecule has 0 saturated carbocycles. The van der Waals surface area contributed by atoms with Gasteiger partial charge in [0.05, 0.1) is 6.54 Å². The van der Waals surface area contributed by atoms with Crippen molar-refractivity contribution in [2.45, 2.75) is 19.9 Å². The van der Waals surface area contributed by atoms with Crippen molar-refractivity contribution in [1.29, 1.82) is 0 Å². The molecule has 1 aromatic rings. The molecule has 2 N–H and O–H groups in total. The minimum absolute atomic E-state index is 0.0981. The number of hydrogen-bond acceptors (Lipinski definition) is 3. The lowest BCUT2D eigenvalue weighted by Crippen LogP contribution is -2.43. The number of nitrogens with one attached hydrogen (secondary N) is 2. The highest BCUT2D eigenvalue weighted by atomic mass is 35.5. The first-order valence-corrected chi connectivity index (χ1v) is 7.67. The first-order chi connectivity index (χ1) is 10.3. The number of amides is 2. The van der Waals surface area contributed by atoms with Crippen molar-refractivity contribution in [2.24, 2.45) is 5.92 Å². The molecular weight excluding hydrogens is 302 g/mol. The SMILES string of the molecule is CNC(=O)[C@H](c1ccc(Cl)cc1)N(C)CC(=O)NCC(C)C. The summed E-state index contributed by atoms with van der Waals surface area (Å²) in [5.41, 5.74) is 0.794. The zero-order valence-electron chi connectivity index (χ0n) is 13.5. The van der Waals surface area contributed by atoms with E-state index in [2.05, 4.69) is 10.6 Å². The van der Waals surface area contributed by atoms with Gasteiger partial charge in [0, 0.05) is 18.6 Å². The molecule has 0 spiro atoms. The van der Waals surface area contributed by atoms with Gasteiger partial charge in [-0.3, -0.25) is 14.5 Å². The standard InChI is InChI=1S/C16H24ClN3O2/c1-11(2)9-19-14(21)10-20(4)15(16(22)18-3)12-5-7-13(17)8-6-12/h5-8,11,15H,9-10H2,1-4H3,(H,18,22)(H,19,21)/t15-/m0/s1. The van der Waals surface area contributed by atoms with Gasteiger partial charge in [0.25, 0.3) is 0 Å². The Hall–Kier alpha value is -1.59. The molecule has 0 bridgehead atoms. The van der Waals surface area contributed by atoms with Crippen molar-refractivity contribution in [3.05, 3.63) is 34.9 Å². The Morgan fingerprint density at radius 3 is 2.32 bits per heavy atom. The third-order valence-electron chi connectivity index (χ3n) is 3.22. The zero-order valence-corrected chi connectivity index (χ0v) is 14.3. The fourth-order valence-electron chi connectivity index (χ4n) is 2.08. The van der Waals surface area contributed by atoms with E-state index in [4.69, 9.17) is 11.6 Å². The molecule has 0 fully saturated rings. The van der Waals surface area contributed by atoms with E-state index in [1.807, 2.05) is 13.8 Å². The molecule has 0 radical (unpaired) electrons. The molecule has 0 aliphatic rings. The number of rotatable bonds is 7. The normalized spacial score (nSPS) is 12.3. The van der Waals surface area contributed by atoms with Crippen LogP contribution in [0, 0.1) is 5.92 Å². The summed E-state index contributed by atoms with van der Waals surface area (Å²) in [4.78, 5) is 25.8. The minimum Gasteiger partial charge on any atom is -0.358 e. The summed E-state index contributed by atoms with van der Waals surface area (Å²) in [5.74, 6) is 0.126. The third kappa shape index (κ3) is 5.66. The molecular formula is C16H24ClN3O2. The summed E-state index contributed by atoms with van der Waals surface area (Å²) in [7, 11) is 3.33. The van der Waals surface area contributed by atoms with Gasteiger partial charge >= 0.3 is 0 Å². The smallest absolute Gasteiger partial charge is 0.241 e. The van der Waals surface area contributed by atoms with E-state index in [0.717, 1.165) is 5.56 Å². The summed E-state index contributed by atoms with van der Waals surface area (Å²) in [5, 5.41) is 6.10. The van der Waals surface area contributed by atoms with Crippen molar-refractivity contribution in [3.63, 3.8) is 0 Å². The van der Waals surface area contributed by atoms with Crippen LogP contribution in [0.25, 0.3) is 0 Å². The summed E-state index contributed by atoms with van der Waals surface area (Å²) in [6, 6.07) is 6.53. The van der Waals surface area contributed by atoms with Crippen LogP contribution >= 0.6 is 11.6 Å². The second-order valence-electron chi connectivity index (χ2n) is 5.68. The lowest BCUT2D eigenvalue weighted by atomic mass is 10.0. The van der Waals surface area contributed by atoms with Crippen molar-refractivity contribution >= 4 is 23.4 Å². The summed E-state index contributed by atoms with van der Waals surface area (Å²) < 4.78 is 0. The summed E-state index contributed by atoms with van der Waals surface area (Å²) in [6.45, 7) is 4.84. The summed E-state index contributed by atoms with van der Waals surface area (Å²) in [6.07, 6.45) is 0. The Balaban J connectivity index is 2.81. The molecule has 0 aromatic heterocycles. The van der Waals surface area contributed by atoms with Crippen molar-refractivity contribution < 1.29 is 9.59 Å². The number of hydrogen-bond donors (Lipinski definition) is 2. The molecule has 2 amide bonds. The van der Waals surface area contributed by atoms with Crippen molar-refractivity contribution in [3.8, 4) is 0 Å². The first-order valence-electron chi connectivity index (χ1n) is 7.29. The van der Waals surface area contributed by atoms with E-state index in [1.165, 1.54) is 0 Å². The van der Waals surface area contributed by atoms with E-state index >= 15 is 0 Å². The van der Waals surface area contributed by atoms with Gasteiger partial charge in [-0.15, -0.1) is 0 Å². The highest BCUT2D eigenvalue weighted by molar-refractivity contribution is 6.30. The average molecular weight is 326 g/mol. The monoisotopic (exact) mass is 325 g/mol. The molecule has 1 aromatic carbocycles.